The minimum absolute atomic E-state index is 0.653. The molecule has 0 radical (unpaired) electrons. The standard InChI is InChI=1S/C10H9BrN2O/c1-7-12-10(14-13-7)6-8-3-2-4-9(11)5-8/h2-5H,6H2,1H3. The average Bonchev–Trinajstić information content (AvgIpc) is 2.51. The Morgan fingerprint density at radius 1 is 1.43 bits per heavy atom. The van der Waals surface area contributed by atoms with Crippen LogP contribution in [0.15, 0.2) is 33.3 Å². The molecule has 0 aliphatic rings. The second-order valence-electron chi connectivity index (χ2n) is 3.04. The highest BCUT2D eigenvalue weighted by molar-refractivity contribution is 9.10. The summed E-state index contributed by atoms with van der Waals surface area (Å²) in [6, 6.07) is 8.05. The highest BCUT2D eigenvalue weighted by Crippen LogP contribution is 2.14. The smallest absolute Gasteiger partial charge is 0.231 e. The Morgan fingerprint density at radius 2 is 2.29 bits per heavy atom. The number of hydrogen-bond acceptors (Lipinski definition) is 3. The van der Waals surface area contributed by atoms with Gasteiger partial charge in [-0.15, -0.1) is 0 Å². The zero-order valence-electron chi connectivity index (χ0n) is 7.70. The molecular weight excluding hydrogens is 244 g/mol. The van der Waals surface area contributed by atoms with Crippen molar-refractivity contribution in [3.63, 3.8) is 0 Å². The summed E-state index contributed by atoms with van der Waals surface area (Å²) in [6.07, 6.45) is 0.681. The molecule has 1 heterocycles. The maximum atomic E-state index is 5.03. The predicted molar refractivity (Wildman–Crippen MR) is 56.0 cm³/mol. The van der Waals surface area contributed by atoms with Crippen LogP contribution in [0.1, 0.15) is 17.3 Å². The van der Waals surface area contributed by atoms with Crippen LogP contribution in [-0.4, -0.2) is 10.1 Å². The van der Waals surface area contributed by atoms with Gasteiger partial charge in [0.25, 0.3) is 0 Å². The third kappa shape index (κ3) is 2.20. The highest BCUT2D eigenvalue weighted by atomic mass is 79.9. The Bertz CT molecular complexity index is 439. The number of aromatic nitrogens is 2. The van der Waals surface area contributed by atoms with Crippen LogP contribution in [0, 0.1) is 6.92 Å². The molecule has 0 bridgehead atoms. The van der Waals surface area contributed by atoms with Crippen molar-refractivity contribution in [2.24, 2.45) is 0 Å². The fraction of sp³-hybridized carbons (Fsp3) is 0.200. The predicted octanol–water partition coefficient (Wildman–Crippen LogP) is 2.73. The van der Waals surface area contributed by atoms with Gasteiger partial charge in [-0.3, -0.25) is 0 Å². The lowest BCUT2D eigenvalue weighted by Crippen LogP contribution is -1.87. The van der Waals surface area contributed by atoms with E-state index in [0.29, 0.717) is 18.1 Å². The van der Waals surface area contributed by atoms with Crippen molar-refractivity contribution >= 4 is 15.9 Å². The first-order valence-electron chi connectivity index (χ1n) is 4.27. The SMILES string of the molecule is Cc1noc(Cc2cccc(Br)c2)n1. The Labute approximate surface area is 90.3 Å². The van der Waals surface area contributed by atoms with Crippen LogP contribution in [0.3, 0.4) is 0 Å². The number of benzene rings is 1. The molecule has 0 atom stereocenters. The second-order valence-corrected chi connectivity index (χ2v) is 3.96. The first-order valence-corrected chi connectivity index (χ1v) is 5.07. The summed E-state index contributed by atoms with van der Waals surface area (Å²) in [5, 5.41) is 3.74. The molecule has 0 spiro atoms. The minimum Gasteiger partial charge on any atom is -0.339 e. The molecule has 0 aliphatic carbocycles. The molecule has 0 aliphatic heterocycles. The lowest BCUT2D eigenvalue weighted by molar-refractivity contribution is 0.381. The molecule has 1 aromatic carbocycles. The quantitative estimate of drug-likeness (QED) is 0.825. The Balaban J connectivity index is 2.18. The van der Waals surface area contributed by atoms with Crippen LogP contribution < -0.4 is 0 Å². The van der Waals surface area contributed by atoms with E-state index in [-0.39, 0.29) is 0 Å². The fourth-order valence-corrected chi connectivity index (χ4v) is 1.68. The van der Waals surface area contributed by atoms with Gasteiger partial charge in [0.05, 0.1) is 6.42 Å². The molecule has 14 heavy (non-hydrogen) atoms. The van der Waals surface area contributed by atoms with Gasteiger partial charge in [-0.25, -0.2) is 0 Å². The van der Waals surface area contributed by atoms with Crippen LogP contribution in [0.25, 0.3) is 0 Å². The normalized spacial score (nSPS) is 10.4. The number of rotatable bonds is 2. The van der Waals surface area contributed by atoms with E-state index in [1.54, 1.807) is 0 Å². The topological polar surface area (TPSA) is 38.9 Å². The monoisotopic (exact) mass is 252 g/mol. The summed E-state index contributed by atoms with van der Waals surface area (Å²) in [5.41, 5.74) is 1.16. The molecule has 0 saturated heterocycles. The molecule has 0 amide bonds. The van der Waals surface area contributed by atoms with Gasteiger partial charge in [-0.1, -0.05) is 33.2 Å². The molecule has 72 valence electrons. The van der Waals surface area contributed by atoms with Crippen molar-refractivity contribution in [2.75, 3.05) is 0 Å². The molecule has 3 nitrogen and oxygen atoms in total. The van der Waals surface area contributed by atoms with Crippen LogP contribution in [0.4, 0.5) is 0 Å². The molecule has 1 aromatic heterocycles. The van der Waals surface area contributed by atoms with Gasteiger partial charge in [0.1, 0.15) is 0 Å². The summed E-state index contributed by atoms with van der Waals surface area (Å²) in [6.45, 7) is 1.81. The van der Waals surface area contributed by atoms with Crippen LogP contribution in [0.5, 0.6) is 0 Å². The molecule has 2 rings (SSSR count). The largest absolute Gasteiger partial charge is 0.339 e. The van der Waals surface area contributed by atoms with Gasteiger partial charge >= 0.3 is 0 Å². The molecule has 4 heteroatoms. The lowest BCUT2D eigenvalue weighted by atomic mass is 10.1. The van der Waals surface area contributed by atoms with Crippen molar-refractivity contribution in [1.82, 2.24) is 10.1 Å². The molecule has 2 aromatic rings. The molecular formula is C10H9BrN2O. The highest BCUT2D eigenvalue weighted by Gasteiger charge is 2.03. The van der Waals surface area contributed by atoms with E-state index in [9.17, 15) is 0 Å². The Kier molecular flexibility index (Phi) is 2.63. The van der Waals surface area contributed by atoms with Crippen LogP contribution in [-0.2, 0) is 6.42 Å². The van der Waals surface area contributed by atoms with Gasteiger partial charge in [0, 0.05) is 4.47 Å². The fourth-order valence-electron chi connectivity index (χ4n) is 1.23. The summed E-state index contributed by atoms with van der Waals surface area (Å²) < 4.78 is 6.09. The van der Waals surface area contributed by atoms with Gasteiger partial charge in [-0.2, -0.15) is 4.98 Å². The van der Waals surface area contributed by atoms with Crippen LogP contribution in [0.2, 0.25) is 0 Å². The molecule has 0 fully saturated rings. The zero-order chi connectivity index (χ0) is 9.97. The van der Waals surface area contributed by atoms with Gasteiger partial charge in [0.15, 0.2) is 5.82 Å². The summed E-state index contributed by atoms with van der Waals surface area (Å²) in [7, 11) is 0. The summed E-state index contributed by atoms with van der Waals surface area (Å²) >= 11 is 3.41. The zero-order valence-corrected chi connectivity index (χ0v) is 9.28. The van der Waals surface area contributed by atoms with Gasteiger partial charge in [0.2, 0.25) is 5.89 Å². The van der Waals surface area contributed by atoms with E-state index in [1.807, 2.05) is 31.2 Å². The molecule has 0 unspecified atom stereocenters. The van der Waals surface area contributed by atoms with E-state index in [1.165, 1.54) is 0 Å². The van der Waals surface area contributed by atoms with E-state index >= 15 is 0 Å². The maximum absolute atomic E-state index is 5.03. The third-order valence-corrected chi connectivity index (χ3v) is 2.31. The van der Waals surface area contributed by atoms with E-state index in [4.69, 9.17) is 4.52 Å². The van der Waals surface area contributed by atoms with E-state index < -0.39 is 0 Å². The number of nitrogens with zero attached hydrogens (tertiary/aromatic N) is 2. The molecule has 0 N–H and O–H groups in total. The van der Waals surface area contributed by atoms with Crippen molar-refractivity contribution < 1.29 is 4.52 Å². The van der Waals surface area contributed by atoms with E-state index in [2.05, 4.69) is 26.1 Å². The minimum atomic E-state index is 0.653. The Hall–Kier alpha value is -1.16. The number of aryl methyl sites for hydroxylation is 1. The molecule has 0 saturated carbocycles. The van der Waals surface area contributed by atoms with Gasteiger partial charge < -0.3 is 4.52 Å². The van der Waals surface area contributed by atoms with Crippen molar-refractivity contribution in [3.8, 4) is 0 Å². The Morgan fingerprint density at radius 3 is 2.93 bits per heavy atom. The first kappa shape index (κ1) is 9.40. The van der Waals surface area contributed by atoms with Crippen molar-refractivity contribution in [1.29, 1.82) is 0 Å². The number of halogens is 1. The van der Waals surface area contributed by atoms with E-state index in [0.717, 1.165) is 10.0 Å². The second kappa shape index (κ2) is 3.92. The maximum Gasteiger partial charge on any atom is 0.231 e. The lowest BCUT2D eigenvalue weighted by Gasteiger charge is -1.96. The van der Waals surface area contributed by atoms with Crippen LogP contribution >= 0.6 is 15.9 Å². The third-order valence-electron chi connectivity index (χ3n) is 1.81. The average molecular weight is 253 g/mol. The first-order chi connectivity index (χ1) is 6.74. The summed E-state index contributed by atoms with van der Waals surface area (Å²) in [4.78, 5) is 4.14. The number of hydrogen-bond donors (Lipinski definition) is 0. The summed E-state index contributed by atoms with van der Waals surface area (Å²) in [5.74, 6) is 1.33. The van der Waals surface area contributed by atoms with Crippen molar-refractivity contribution in [3.05, 3.63) is 46.0 Å². The van der Waals surface area contributed by atoms with Gasteiger partial charge in [-0.05, 0) is 24.6 Å². The van der Waals surface area contributed by atoms with Crippen molar-refractivity contribution in [2.45, 2.75) is 13.3 Å².